The van der Waals surface area contributed by atoms with Gasteiger partial charge >= 0.3 is 38.4 Å². The molecule has 21 nitrogen and oxygen atoms in total. The summed E-state index contributed by atoms with van der Waals surface area (Å²) < 4.78 is 164. The van der Waals surface area contributed by atoms with E-state index in [-0.39, 0.29) is 105 Å². The largest absolute Gasteiger partial charge is 0.468 e. The molecular formula is C80H72F8N6O15. The zero-order valence-electron chi connectivity index (χ0n) is 59.7. The molecule has 8 aromatic carbocycles. The molecule has 1 N–H and O–H groups in total. The van der Waals surface area contributed by atoms with E-state index in [1.807, 2.05) is 110 Å². The summed E-state index contributed by atoms with van der Waals surface area (Å²) in [4.78, 5) is 58.5. The van der Waals surface area contributed by atoms with Crippen LogP contribution in [-0.4, -0.2) is 132 Å². The summed E-state index contributed by atoms with van der Waals surface area (Å²) in [7, 11) is 2.64. The van der Waals surface area contributed by atoms with Crippen molar-refractivity contribution in [1.82, 2.24) is 29.7 Å². The van der Waals surface area contributed by atoms with Gasteiger partial charge in [0.2, 0.25) is 23.6 Å². The molecule has 0 unspecified atom stereocenters. The van der Waals surface area contributed by atoms with E-state index >= 15 is 0 Å². The van der Waals surface area contributed by atoms with Crippen LogP contribution in [0.3, 0.4) is 0 Å². The summed E-state index contributed by atoms with van der Waals surface area (Å²) in [6.45, 7) is -1.70. The summed E-state index contributed by atoms with van der Waals surface area (Å²) in [5, 5.41) is 9.69. The van der Waals surface area contributed by atoms with Crippen molar-refractivity contribution in [3.8, 4) is 91.1 Å². The third kappa shape index (κ3) is 16.4. The van der Waals surface area contributed by atoms with E-state index in [4.69, 9.17) is 51.3 Å². The minimum atomic E-state index is -3.12. The number of carbonyl (C=O) groups excluding carboxylic acids is 3. The number of alkyl halides is 8. The molecule has 7 heterocycles. The maximum absolute atomic E-state index is 13.5. The predicted molar refractivity (Wildman–Crippen MR) is 384 cm³/mol. The molecular weight excluding hydrogens is 1440 g/mol. The van der Waals surface area contributed by atoms with Crippen LogP contribution in [-0.2, 0) is 43.5 Å². The average Bonchev–Trinajstić information content (AvgIpc) is 1.43. The highest BCUT2D eigenvalue weighted by Gasteiger charge is 2.35. The number of halogens is 8. The minimum Gasteiger partial charge on any atom is -0.468 e. The molecule has 0 radical (unpaired) electrons. The number of carbonyl (C=O) groups is 3. The first-order valence-corrected chi connectivity index (χ1v) is 34.8. The van der Waals surface area contributed by atoms with Gasteiger partial charge in [-0.1, -0.05) is 48.5 Å². The second-order valence-corrected chi connectivity index (χ2v) is 26.0. The van der Waals surface area contributed by atoms with Crippen LogP contribution in [0.2, 0.25) is 0 Å². The van der Waals surface area contributed by atoms with E-state index in [1.165, 1.54) is 63.5 Å². The van der Waals surface area contributed by atoms with E-state index in [9.17, 15) is 54.6 Å². The van der Waals surface area contributed by atoms with Gasteiger partial charge in [0, 0.05) is 89.5 Å². The molecule has 2 atom stereocenters. The van der Waals surface area contributed by atoms with Gasteiger partial charge < -0.3 is 55.9 Å². The number of likely N-dealkylation sites (tertiary alicyclic amines) is 2. The van der Waals surface area contributed by atoms with Crippen molar-refractivity contribution in [2.45, 2.75) is 124 Å². The van der Waals surface area contributed by atoms with Gasteiger partial charge in [0.1, 0.15) is 57.1 Å². The Morgan fingerprint density at radius 2 is 0.752 bits per heavy atom. The maximum Gasteiger partial charge on any atom is 0.387 e. The number of hydrogen-bond acceptors (Lipinski definition) is 21. The lowest BCUT2D eigenvalue weighted by Crippen LogP contribution is -2.36. The highest BCUT2D eigenvalue weighted by Crippen LogP contribution is 2.43. The Labute approximate surface area is 617 Å². The molecule has 0 bridgehead atoms. The molecule has 0 spiro atoms. The first-order chi connectivity index (χ1) is 52.6. The zero-order chi connectivity index (χ0) is 76.9. The lowest BCUT2D eigenvalue weighted by Gasteiger charge is -2.23. The minimum absolute atomic E-state index is 0.0665. The highest BCUT2D eigenvalue weighted by molar-refractivity contribution is 5.91. The highest BCUT2D eigenvalue weighted by atomic mass is 19.3. The van der Waals surface area contributed by atoms with Crippen LogP contribution in [0.25, 0.3) is 112 Å². The molecule has 0 aliphatic carbocycles. The average molecular weight is 1510 g/mol. The van der Waals surface area contributed by atoms with Crippen LogP contribution in [0, 0.1) is 27.7 Å². The van der Waals surface area contributed by atoms with Gasteiger partial charge in [-0.25, -0.2) is 19.9 Å². The number of aldehydes is 1. The van der Waals surface area contributed by atoms with Crippen molar-refractivity contribution in [2.75, 3.05) is 40.5 Å². The molecule has 15 rings (SSSR count). The number of rotatable bonds is 22. The van der Waals surface area contributed by atoms with Crippen LogP contribution >= 0.6 is 0 Å². The molecule has 0 amide bonds. The van der Waals surface area contributed by atoms with Crippen molar-refractivity contribution >= 4 is 62.6 Å². The topological polar surface area (TPSA) is 247 Å². The molecule has 29 heteroatoms. The molecule has 3 aliphatic heterocycles. The molecule has 12 aromatic rings. The number of methoxy groups -OCH3 is 2. The van der Waals surface area contributed by atoms with E-state index in [0.29, 0.717) is 87.7 Å². The van der Waals surface area contributed by atoms with Crippen molar-refractivity contribution in [2.24, 2.45) is 0 Å². The number of aromatic nitrogens is 4. The Morgan fingerprint density at radius 3 is 1.06 bits per heavy atom. The van der Waals surface area contributed by atoms with Crippen LogP contribution in [0.15, 0.2) is 139 Å². The van der Waals surface area contributed by atoms with E-state index in [0.717, 1.165) is 70.6 Å². The van der Waals surface area contributed by atoms with Gasteiger partial charge in [0.15, 0.2) is 28.6 Å². The Morgan fingerprint density at radius 1 is 0.450 bits per heavy atom. The Hall–Kier alpha value is -11.3. The van der Waals surface area contributed by atoms with E-state index in [1.54, 1.807) is 12.1 Å². The lowest BCUT2D eigenvalue weighted by atomic mass is 9.91. The number of ether oxygens (including phenoxy) is 7. The van der Waals surface area contributed by atoms with Crippen molar-refractivity contribution in [3.05, 3.63) is 166 Å². The first-order valence-electron chi connectivity index (χ1n) is 34.8. The fourth-order valence-corrected chi connectivity index (χ4v) is 14.1. The number of benzene rings is 8. The monoisotopic (exact) mass is 1510 g/mol. The van der Waals surface area contributed by atoms with Crippen LogP contribution in [0.1, 0.15) is 87.8 Å². The van der Waals surface area contributed by atoms with Gasteiger partial charge in [-0.3, -0.25) is 24.2 Å². The van der Waals surface area contributed by atoms with E-state index < -0.39 is 45.1 Å². The quantitative estimate of drug-likeness (QED) is 0.0376. The predicted octanol–water partition coefficient (Wildman–Crippen LogP) is 18.0. The molecule has 3 saturated heterocycles. The number of aliphatic hydroxyl groups is 1. The first kappa shape index (κ1) is 75.9. The van der Waals surface area contributed by atoms with Crippen molar-refractivity contribution in [1.29, 1.82) is 0 Å². The third-order valence-corrected chi connectivity index (χ3v) is 19.5. The summed E-state index contributed by atoms with van der Waals surface area (Å²) in [6.07, 6.45) is 5.69. The summed E-state index contributed by atoms with van der Waals surface area (Å²) in [6, 6.07) is 32.9. The van der Waals surface area contributed by atoms with Gasteiger partial charge in [-0.05, 0) is 172 Å². The number of fused-ring (bicyclic) bond motifs is 4. The molecule has 109 heavy (non-hydrogen) atoms. The Bertz CT molecular complexity index is 5340. The number of oxazole rings is 4. The second-order valence-electron chi connectivity index (χ2n) is 26.0. The number of hydrogen-bond donors (Lipinski definition) is 1. The maximum atomic E-state index is 13.5. The Kier molecular flexibility index (Phi) is 23.0. The molecule has 568 valence electrons. The summed E-state index contributed by atoms with van der Waals surface area (Å²) in [5.41, 5.74) is 12.7. The van der Waals surface area contributed by atoms with Crippen LogP contribution < -0.4 is 18.9 Å². The van der Waals surface area contributed by atoms with Crippen molar-refractivity contribution < 1.29 is 105 Å². The molecule has 4 aromatic heterocycles. The second kappa shape index (κ2) is 33.1. The third-order valence-electron chi connectivity index (χ3n) is 19.5. The molecule has 3 fully saturated rings. The number of nitrogens with zero attached hydrogens (tertiary/aromatic N) is 6. The van der Waals surface area contributed by atoms with Gasteiger partial charge in [0.25, 0.3) is 0 Å². The fourth-order valence-electron chi connectivity index (χ4n) is 14.1. The molecule has 3 aliphatic rings. The standard InChI is InChI=1S/C38H33F4N3O7.C38H31F4N3O7.C4H8O/c2*1-19-23(24-8-5-10-26(20(24)2)35-44-28-14-22(18-46)31(52-38(41)42)16-33(28)50-35)7-4-9-25(19)34-43-27-13-21(30(51-37(39)40)15-32(27)49-34)17-45-12-6-11-29(45)36(47)48-3;1-2-4-5-3-1/h4-5,7-10,13-16,29,37-38,46H,6,11-12,17-18H2,1-3H3;4-5,7-10,13-16,18,29,37-38H,6,11-12,17H2,1-3H3;1-4H2/t2*29-;/m00./s1. The van der Waals surface area contributed by atoms with Crippen LogP contribution in [0.4, 0.5) is 35.1 Å². The lowest BCUT2D eigenvalue weighted by molar-refractivity contribution is -0.146. The SMILES string of the molecule is C1CCOC1.COC(=O)[C@@H]1CCCN1Cc1cc2nc(-c3cccc(-c4cccc(-c5nc6cc(C=O)c(OC(F)F)cc6o5)c4C)c3C)oc2cc1OC(F)F.COC(=O)[C@@H]1CCCN1Cc1cc2nc(-c3cccc(-c4cccc(-c5nc6cc(CO)c(OC(F)F)cc6o5)c4C)c3C)oc2cc1OC(F)F. The zero-order valence-corrected chi connectivity index (χ0v) is 59.7. The van der Waals surface area contributed by atoms with Crippen molar-refractivity contribution in [3.63, 3.8) is 0 Å². The summed E-state index contributed by atoms with van der Waals surface area (Å²) >= 11 is 0. The van der Waals surface area contributed by atoms with Gasteiger partial charge in [-0.15, -0.1) is 0 Å². The smallest absolute Gasteiger partial charge is 0.387 e. The molecule has 0 saturated carbocycles. The Balaban J connectivity index is 0.000000180. The van der Waals surface area contributed by atoms with Gasteiger partial charge in [0.05, 0.1) is 26.4 Å². The fraction of sp³-hybridized carbons (Fsp3) is 0.312. The van der Waals surface area contributed by atoms with Gasteiger partial charge in [-0.2, -0.15) is 35.1 Å². The summed E-state index contributed by atoms with van der Waals surface area (Å²) in [5.74, 6) is -0.392. The van der Waals surface area contributed by atoms with E-state index in [2.05, 4.69) is 19.4 Å². The van der Waals surface area contributed by atoms with Crippen LogP contribution in [0.5, 0.6) is 23.0 Å². The normalized spacial score (nSPS) is 15.4. The number of esters is 2. The number of aliphatic hydroxyl groups excluding tert-OH is 1.